The van der Waals surface area contributed by atoms with Gasteiger partial charge < -0.3 is 15.0 Å². The third kappa shape index (κ3) is 8.15. The van der Waals surface area contributed by atoms with Gasteiger partial charge in [0.05, 0.1) is 17.2 Å². The molecule has 8 nitrogen and oxygen atoms in total. The van der Waals surface area contributed by atoms with Gasteiger partial charge in [0.15, 0.2) is 0 Å². The van der Waals surface area contributed by atoms with Crippen LogP contribution in [-0.2, 0) is 32.6 Å². The first kappa shape index (κ1) is 31.6. The molecule has 4 aromatic rings. The fourth-order valence-electron chi connectivity index (χ4n) is 4.63. The van der Waals surface area contributed by atoms with Crippen LogP contribution < -0.4 is 14.4 Å². The summed E-state index contributed by atoms with van der Waals surface area (Å²) in [6.07, 6.45) is 0.230. The maximum atomic E-state index is 14.3. The number of hydrogen-bond acceptors (Lipinski definition) is 5. The van der Waals surface area contributed by atoms with Gasteiger partial charge in [0.2, 0.25) is 11.8 Å². The predicted molar refractivity (Wildman–Crippen MR) is 169 cm³/mol. The van der Waals surface area contributed by atoms with Gasteiger partial charge >= 0.3 is 0 Å². The number of hydrogen-bond donors (Lipinski definition) is 1. The van der Waals surface area contributed by atoms with Crippen LogP contribution >= 0.6 is 11.6 Å². The number of likely N-dealkylation sites (N-methyl/N-ethyl adjacent to an activating group) is 1. The first-order valence-corrected chi connectivity index (χ1v) is 15.6. The number of rotatable bonds is 13. The van der Waals surface area contributed by atoms with Crippen LogP contribution in [0.3, 0.4) is 0 Å². The largest absolute Gasteiger partial charge is 0.494 e. The van der Waals surface area contributed by atoms with Crippen molar-refractivity contribution in [2.75, 3.05) is 24.5 Å². The van der Waals surface area contributed by atoms with E-state index >= 15 is 0 Å². The number of nitrogens with zero attached hydrogens (tertiary/aromatic N) is 2. The molecule has 0 saturated carbocycles. The first-order chi connectivity index (χ1) is 20.7. The van der Waals surface area contributed by atoms with Gasteiger partial charge in [-0.15, -0.1) is 0 Å². The van der Waals surface area contributed by atoms with Crippen molar-refractivity contribution >= 4 is 39.1 Å². The first-order valence-electron chi connectivity index (χ1n) is 13.8. The third-order valence-electron chi connectivity index (χ3n) is 6.83. The van der Waals surface area contributed by atoms with E-state index in [1.807, 2.05) is 37.3 Å². The van der Waals surface area contributed by atoms with Crippen molar-refractivity contribution in [1.82, 2.24) is 10.2 Å². The number of anilines is 1. The number of sulfonamides is 1. The maximum absolute atomic E-state index is 14.3. The minimum absolute atomic E-state index is 0.0353. The molecule has 0 radical (unpaired) electrons. The molecule has 0 aliphatic heterocycles. The number of nitrogens with one attached hydrogen (secondary N) is 1. The molecular formula is C33H34ClN3O5S. The number of carbonyl (C=O) groups excluding carboxylic acids is 2. The van der Waals surface area contributed by atoms with E-state index in [4.69, 9.17) is 16.3 Å². The standard InChI is InChI=1S/C33H34ClN3O5S/c1-3-42-29-20-18-28(19-21-29)37(43(40,41)30-12-8-5-9-13-30)24-32(38)36(23-26-14-16-27(34)17-15-26)31(33(39)35-2)22-25-10-6-4-7-11-25/h4-21,31H,3,22-24H2,1-2H3,(H,35,39)/t31-/m1/s1. The van der Waals surface area contributed by atoms with E-state index in [1.54, 1.807) is 66.7 Å². The summed E-state index contributed by atoms with van der Waals surface area (Å²) in [6.45, 7) is 1.82. The van der Waals surface area contributed by atoms with Gasteiger partial charge in [-0.2, -0.15) is 0 Å². The fraction of sp³-hybridized carbons (Fsp3) is 0.212. The van der Waals surface area contributed by atoms with Crippen LogP contribution in [0.4, 0.5) is 5.69 Å². The lowest BCUT2D eigenvalue weighted by atomic mass is 10.0. The van der Waals surface area contributed by atoms with E-state index in [-0.39, 0.29) is 29.5 Å². The Morgan fingerprint density at radius 3 is 2.02 bits per heavy atom. The second-order valence-corrected chi connectivity index (χ2v) is 12.0. The Morgan fingerprint density at radius 2 is 1.44 bits per heavy atom. The van der Waals surface area contributed by atoms with Crippen LogP contribution in [0.1, 0.15) is 18.1 Å². The molecule has 1 atom stereocenters. The lowest BCUT2D eigenvalue weighted by Crippen LogP contribution is -2.53. The van der Waals surface area contributed by atoms with E-state index in [0.717, 1.165) is 15.4 Å². The maximum Gasteiger partial charge on any atom is 0.264 e. The highest BCUT2D eigenvalue weighted by Gasteiger charge is 2.34. The molecule has 0 spiro atoms. The summed E-state index contributed by atoms with van der Waals surface area (Å²) in [4.78, 5) is 29.1. The molecule has 0 bridgehead atoms. The molecule has 10 heteroatoms. The van der Waals surface area contributed by atoms with Crippen molar-refractivity contribution in [3.63, 3.8) is 0 Å². The molecule has 43 heavy (non-hydrogen) atoms. The molecule has 4 rings (SSSR count). The molecule has 224 valence electrons. The van der Waals surface area contributed by atoms with E-state index in [0.29, 0.717) is 17.4 Å². The summed E-state index contributed by atoms with van der Waals surface area (Å²) in [7, 11) is -2.66. The van der Waals surface area contributed by atoms with Crippen molar-refractivity contribution in [3.05, 3.63) is 125 Å². The number of amides is 2. The summed E-state index contributed by atoms with van der Waals surface area (Å²) in [5.74, 6) is -0.348. The summed E-state index contributed by atoms with van der Waals surface area (Å²) in [5.41, 5.74) is 1.87. The minimum atomic E-state index is -4.17. The molecule has 1 N–H and O–H groups in total. The third-order valence-corrected chi connectivity index (χ3v) is 8.87. The van der Waals surface area contributed by atoms with Gasteiger partial charge in [0.25, 0.3) is 10.0 Å². The van der Waals surface area contributed by atoms with E-state index in [2.05, 4.69) is 5.32 Å². The van der Waals surface area contributed by atoms with Crippen LogP contribution in [0.2, 0.25) is 5.02 Å². The van der Waals surface area contributed by atoms with Gasteiger partial charge in [-0.05, 0) is 66.6 Å². The smallest absolute Gasteiger partial charge is 0.264 e. The van der Waals surface area contributed by atoms with E-state index in [9.17, 15) is 18.0 Å². The quantitative estimate of drug-likeness (QED) is 0.219. The highest BCUT2D eigenvalue weighted by Crippen LogP contribution is 2.27. The zero-order valence-corrected chi connectivity index (χ0v) is 25.6. The molecule has 0 saturated heterocycles. The minimum Gasteiger partial charge on any atom is -0.494 e. The summed E-state index contributed by atoms with van der Waals surface area (Å²) >= 11 is 6.10. The van der Waals surface area contributed by atoms with Crippen LogP contribution in [0.5, 0.6) is 5.75 Å². The molecule has 4 aromatic carbocycles. The lowest BCUT2D eigenvalue weighted by Gasteiger charge is -2.33. The van der Waals surface area contributed by atoms with Gasteiger partial charge in [-0.25, -0.2) is 8.42 Å². The van der Waals surface area contributed by atoms with Crippen LogP contribution in [0.25, 0.3) is 0 Å². The second kappa shape index (κ2) is 14.7. The van der Waals surface area contributed by atoms with Crippen LogP contribution in [0.15, 0.2) is 114 Å². The van der Waals surface area contributed by atoms with Crippen molar-refractivity contribution in [2.45, 2.75) is 30.8 Å². The molecular weight excluding hydrogens is 586 g/mol. The van der Waals surface area contributed by atoms with E-state index in [1.165, 1.54) is 24.1 Å². The van der Waals surface area contributed by atoms with Crippen LogP contribution in [0, 0.1) is 0 Å². The van der Waals surface area contributed by atoms with Crippen molar-refractivity contribution in [3.8, 4) is 5.75 Å². The van der Waals surface area contributed by atoms with Crippen molar-refractivity contribution in [1.29, 1.82) is 0 Å². The normalized spacial score (nSPS) is 11.8. The van der Waals surface area contributed by atoms with E-state index < -0.39 is 28.5 Å². The SMILES string of the molecule is CCOc1ccc(N(CC(=O)N(Cc2ccc(Cl)cc2)[C@H](Cc2ccccc2)C(=O)NC)S(=O)(=O)c2ccccc2)cc1. The Kier molecular flexibility index (Phi) is 10.8. The number of halogens is 1. The van der Waals surface area contributed by atoms with Gasteiger partial charge in [-0.1, -0.05) is 72.3 Å². The summed E-state index contributed by atoms with van der Waals surface area (Å²) in [6, 6.07) is 29.9. The van der Waals surface area contributed by atoms with Gasteiger partial charge in [0.1, 0.15) is 18.3 Å². The Labute approximate surface area is 257 Å². The molecule has 0 aromatic heterocycles. The topological polar surface area (TPSA) is 96.0 Å². The molecule has 2 amide bonds. The second-order valence-electron chi connectivity index (χ2n) is 9.72. The highest BCUT2D eigenvalue weighted by molar-refractivity contribution is 7.92. The lowest BCUT2D eigenvalue weighted by molar-refractivity contribution is -0.139. The molecule has 0 heterocycles. The van der Waals surface area contributed by atoms with Gasteiger partial charge in [-0.3, -0.25) is 13.9 Å². The Balaban J connectivity index is 1.77. The number of ether oxygens (including phenoxy) is 1. The molecule has 0 fully saturated rings. The molecule has 0 aliphatic carbocycles. The summed E-state index contributed by atoms with van der Waals surface area (Å²) in [5, 5.41) is 3.21. The number of benzene rings is 4. The van der Waals surface area contributed by atoms with Crippen molar-refractivity contribution in [2.24, 2.45) is 0 Å². The zero-order valence-electron chi connectivity index (χ0n) is 24.0. The van der Waals surface area contributed by atoms with Crippen LogP contribution in [-0.4, -0.2) is 51.4 Å². The monoisotopic (exact) mass is 619 g/mol. The highest BCUT2D eigenvalue weighted by atomic mass is 35.5. The zero-order chi connectivity index (χ0) is 30.8. The molecule has 0 aliphatic rings. The fourth-order valence-corrected chi connectivity index (χ4v) is 6.19. The predicted octanol–water partition coefficient (Wildman–Crippen LogP) is 5.32. The Morgan fingerprint density at radius 1 is 0.837 bits per heavy atom. The Hall–Kier alpha value is -4.34. The van der Waals surface area contributed by atoms with Crippen molar-refractivity contribution < 1.29 is 22.7 Å². The average Bonchev–Trinajstić information content (AvgIpc) is 3.03. The van der Waals surface area contributed by atoms with Gasteiger partial charge in [0, 0.05) is 25.0 Å². The average molecular weight is 620 g/mol. The molecule has 0 unspecified atom stereocenters. The number of carbonyl (C=O) groups is 2. The summed E-state index contributed by atoms with van der Waals surface area (Å²) < 4.78 is 34.6. The Bertz CT molecular complexity index is 1600.